The highest BCUT2D eigenvalue weighted by Crippen LogP contribution is 2.54. The van der Waals surface area contributed by atoms with Gasteiger partial charge < -0.3 is 33.7 Å². The summed E-state index contributed by atoms with van der Waals surface area (Å²) in [4.78, 5) is 13.7. The summed E-state index contributed by atoms with van der Waals surface area (Å²) < 4.78 is 34.1. The van der Waals surface area contributed by atoms with Crippen molar-refractivity contribution in [2.45, 2.75) is 25.2 Å². The standard InChI is InChI=1S/C33H33NO7/c1-36-24-11-10-17(12-25(24)37-2)30-31-20-15-28(40-5)26(38-3)13-18(20)19-14-27(39-4)29(41-6)16-21(19)33(31)34-22-8-7-9-23(35)32(22)30/h10-16,30,34H,7-9H2,1-6H3. The summed E-state index contributed by atoms with van der Waals surface area (Å²) >= 11 is 0. The van der Waals surface area contributed by atoms with Crippen molar-refractivity contribution in [1.29, 1.82) is 0 Å². The monoisotopic (exact) mass is 555 g/mol. The van der Waals surface area contributed by atoms with Gasteiger partial charge in [-0.3, -0.25) is 4.79 Å². The Hall–Kier alpha value is -4.59. The smallest absolute Gasteiger partial charge is 0.161 e. The molecule has 1 aliphatic carbocycles. The topological polar surface area (TPSA) is 84.5 Å². The van der Waals surface area contributed by atoms with Gasteiger partial charge in [0.25, 0.3) is 0 Å². The number of allylic oxidation sites excluding steroid dienone is 2. The Morgan fingerprint density at radius 2 is 1.12 bits per heavy atom. The van der Waals surface area contributed by atoms with Crippen molar-refractivity contribution in [2.24, 2.45) is 0 Å². The lowest BCUT2D eigenvalue weighted by molar-refractivity contribution is -0.116. The molecule has 0 saturated heterocycles. The third-order valence-electron chi connectivity index (χ3n) is 8.22. The van der Waals surface area contributed by atoms with E-state index in [4.69, 9.17) is 28.4 Å². The zero-order valence-corrected chi connectivity index (χ0v) is 24.1. The van der Waals surface area contributed by atoms with Crippen molar-refractivity contribution in [3.63, 3.8) is 0 Å². The Bertz CT molecular complexity index is 1740. The molecular weight excluding hydrogens is 522 g/mol. The molecule has 1 heterocycles. The number of benzene rings is 4. The molecule has 0 bridgehead atoms. The zero-order valence-electron chi connectivity index (χ0n) is 24.1. The third kappa shape index (κ3) is 4.08. The fraction of sp³-hybridized carbons (Fsp3) is 0.303. The van der Waals surface area contributed by atoms with Gasteiger partial charge in [0.2, 0.25) is 0 Å². The first-order chi connectivity index (χ1) is 20.0. The molecule has 0 radical (unpaired) electrons. The van der Waals surface area contributed by atoms with E-state index < -0.39 is 0 Å². The van der Waals surface area contributed by atoms with Gasteiger partial charge in [-0.1, -0.05) is 6.07 Å². The fourth-order valence-electron chi connectivity index (χ4n) is 6.34. The second-order valence-corrected chi connectivity index (χ2v) is 10.1. The van der Waals surface area contributed by atoms with Crippen LogP contribution in [0.3, 0.4) is 0 Å². The lowest BCUT2D eigenvalue weighted by Crippen LogP contribution is -2.27. The number of hydrogen-bond acceptors (Lipinski definition) is 8. The Kier molecular flexibility index (Phi) is 6.77. The molecule has 0 spiro atoms. The van der Waals surface area contributed by atoms with Crippen molar-refractivity contribution in [3.05, 3.63) is 64.9 Å². The van der Waals surface area contributed by atoms with Crippen LogP contribution in [-0.4, -0.2) is 48.4 Å². The Morgan fingerprint density at radius 1 is 0.610 bits per heavy atom. The number of ketones is 1. The molecular formula is C33H33NO7. The van der Waals surface area contributed by atoms with Crippen LogP contribution < -0.4 is 33.7 Å². The quantitative estimate of drug-likeness (QED) is 0.255. The molecule has 8 heteroatoms. The summed E-state index contributed by atoms with van der Waals surface area (Å²) in [5, 5.41) is 7.50. The zero-order chi connectivity index (χ0) is 28.8. The van der Waals surface area contributed by atoms with E-state index in [1.165, 1.54) is 0 Å². The van der Waals surface area contributed by atoms with Crippen molar-refractivity contribution in [2.75, 3.05) is 48.0 Å². The number of rotatable bonds is 7. The van der Waals surface area contributed by atoms with Gasteiger partial charge in [0.1, 0.15) is 0 Å². The highest BCUT2D eigenvalue weighted by molar-refractivity contribution is 6.19. The third-order valence-corrected chi connectivity index (χ3v) is 8.22. The maximum absolute atomic E-state index is 13.7. The van der Waals surface area contributed by atoms with Gasteiger partial charge in [0, 0.05) is 29.0 Å². The van der Waals surface area contributed by atoms with Crippen molar-refractivity contribution >= 4 is 33.0 Å². The molecule has 41 heavy (non-hydrogen) atoms. The van der Waals surface area contributed by atoms with Gasteiger partial charge >= 0.3 is 0 Å². The molecule has 0 saturated carbocycles. The van der Waals surface area contributed by atoms with Gasteiger partial charge in [0.05, 0.1) is 48.3 Å². The van der Waals surface area contributed by atoms with Crippen molar-refractivity contribution in [3.8, 4) is 34.5 Å². The predicted molar refractivity (Wildman–Crippen MR) is 159 cm³/mol. The van der Waals surface area contributed by atoms with E-state index in [0.29, 0.717) is 40.9 Å². The van der Waals surface area contributed by atoms with Crippen LogP contribution in [0.1, 0.15) is 36.3 Å². The van der Waals surface area contributed by atoms with E-state index in [0.717, 1.165) is 62.5 Å². The summed E-state index contributed by atoms with van der Waals surface area (Å²) in [6, 6.07) is 13.8. The normalized spacial score (nSPS) is 16.1. The Labute approximate surface area is 238 Å². The van der Waals surface area contributed by atoms with E-state index in [1.54, 1.807) is 42.7 Å². The minimum atomic E-state index is -0.355. The molecule has 0 amide bonds. The molecule has 2 aliphatic rings. The molecule has 212 valence electrons. The van der Waals surface area contributed by atoms with Crippen LogP contribution in [0.4, 0.5) is 5.69 Å². The molecule has 4 aromatic rings. The van der Waals surface area contributed by atoms with E-state index in [-0.39, 0.29) is 11.7 Å². The molecule has 1 atom stereocenters. The van der Waals surface area contributed by atoms with E-state index in [2.05, 4.69) is 5.32 Å². The molecule has 0 fully saturated rings. The van der Waals surface area contributed by atoms with Gasteiger partial charge in [-0.05, 0) is 76.5 Å². The SMILES string of the molecule is COc1ccc(C2C3=C(CCCC3=O)Nc3c2c2cc(OC)c(OC)cc2c2cc(OC)c(OC)cc32)cc1OC. The molecule has 1 N–H and O–H groups in total. The number of carbonyl (C=O) groups excluding carboxylic acids is 1. The van der Waals surface area contributed by atoms with Crippen LogP contribution in [0.15, 0.2) is 53.7 Å². The minimum absolute atomic E-state index is 0.144. The largest absolute Gasteiger partial charge is 0.493 e. The second-order valence-electron chi connectivity index (χ2n) is 10.1. The predicted octanol–water partition coefficient (Wildman–Crippen LogP) is 6.61. The number of ether oxygens (including phenoxy) is 6. The lowest BCUT2D eigenvalue weighted by Gasteiger charge is -2.36. The van der Waals surface area contributed by atoms with Gasteiger partial charge in [-0.15, -0.1) is 0 Å². The average Bonchev–Trinajstić information content (AvgIpc) is 3.02. The van der Waals surface area contributed by atoms with E-state index in [1.807, 2.05) is 42.5 Å². The average molecular weight is 556 g/mol. The van der Waals surface area contributed by atoms with Gasteiger partial charge in [-0.25, -0.2) is 0 Å². The van der Waals surface area contributed by atoms with Gasteiger partial charge in [-0.2, -0.15) is 0 Å². The summed E-state index contributed by atoms with van der Waals surface area (Å²) in [6.07, 6.45) is 2.09. The highest BCUT2D eigenvalue weighted by atomic mass is 16.5. The van der Waals surface area contributed by atoms with Crippen LogP contribution >= 0.6 is 0 Å². The molecule has 6 rings (SSSR count). The maximum Gasteiger partial charge on any atom is 0.161 e. The summed E-state index contributed by atoms with van der Waals surface area (Å²) in [5.41, 5.74) is 4.57. The number of carbonyl (C=O) groups is 1. The lowest BCUT2D eigenvalue weighted by atomic mass is 9.73. The van der Waals surface area contributed by atoms with Crippen LogP contribution in [0.25, 0.3) is 21.5 Å². The van der Waals surface area contributed by atoms with Crippen LogP contribution in [0, 0.1) is 0 Å². The number of nitrogens with one attached hydrogen (secondary N) is 1. The first-order valence-corrected chi connectivity index (χ1v) is 13.5. The van der Waals surface area contributed by atoms with Gasteiger partial charge in [0.15, 0.2) is 40.3 Å². The van der Waals surface area contributed by atoms with E-state index in [9.17, 15) is 4.79 Å². The molecule has 1 unspecified atom stereocenters. The first kappa shape index (κ1) is 26.6. The summed E-state index contributed by atoms with van der Waals surface area (Å²) in [7, 11) is 9.74. The molecule has 4 aromatic carbocycles. The Balaban J connectivity index is 1.79. The maximum atomic E-state index is 13.7. The number of fused-ring (bicyclic) bond motifs is 6. The number of Topliss-reactive ketones (excluding diaryl/α,β-unsaturated/α-hetero) is 1. The summed E-state index contributed by atoms with van der Waals surface area (Å²) in [5.74, 6) is 3.46. The minimum Gasteiger partial charge on any atom is -0.493 e. The van der Waals surface area contributed by atoms with Crippen molar-refractivity contribution < 1.29 is 33.2 Å². The van der Waals surface area contributed by atoms with Crippen LogP contribution in [0.5, 0.6) is 34.5 Å². The van der Waals surface area contributed by atoms with Crippen LogP contribution in [-0.2, 0) is 4.79 Å². The number of hydrogen-bond donors (Lipinski definition) is 1. The Morgan fingerprint density at radius 3 is 1.71 bits per heavy atom. The second kappa shape index (κ2) is 10.4. The first-order valence-electron chi connectivity index (χ1n) is 13.5. The van der Waals surface area contributed by atoms with Crippen LogP contribution in [0.2, 0.25) is 0 Å². The molecule has 1 aliphatic heterocycles. The fourth-order valence-corrected chi connectivity index (χ4v) is 6.34. The number of anilines is 1. The molecule has 8 nitrogen and oxygen atoms in total. The number of methoxy groups -OCH3 is 6. The molecule has 0 aromatic heterocycles. The van der Waals surface area contributed by atoms with Crippen molar-refractivity contribution in [1.82, 2.24) is 0 Å². The summed E-state index contributed by atoms with van der Waals surface area (Å²) in [6.45, 7) is 0. The highest BCUT2D eigenvalue weighted by Gasteiger charge is 2.38. The van der Waals surface area contributed by atoms with E-state index >= 15 is 0 Å².